The predicted molar refractivity (Wildman–Crippen MR) is 152 cm³/mol. The highest BCUT2D eigenvalue weighted by molar-refractivity contribution is 7.92. The Morgan fingerprint density at radius 3 is 2.16 bits per heavy atom. The summed E-state index contributed by atoms with van der Waals surface area (Å²) in [4.78, 5) is 28.0. The Morgan fingerprint density at radius 1 is 0.921 bits per heavy atom. The summed E-state index contributed by atoms with van der Waals surface area (Å²) in [6.07, 6.45) is 0.717. The van der Waals surface area contributed by atoms with E-state index in [0.29, 0.717) is 27.2 Å². The molecule has 0 saturated carbocycles. The van der Waals surface area contributed by atoms with Gasteiger partial charge in [-0.2, -0.15) is 0 Å². The molecule has 1 atom stereocenters. The lowest BCUT2D eigenvalue weighted by molar-refractivity contribution is -0.139. The Hall–Kier alpha value is -2.78. The number of nitrogens with zero attached hydrogens (tertiary/aromatic N) is 2. The summed E-state index contributed by atoms with van der Waals surface area (Å²) in [5.41, 5.74) is 0.808. The van der Waals surface area contributed by atoms with E-state index in [4.69, 9.17) is 34.8 Å². The van der Waals surface area contributed by atoms with Crippen molar-refractivity contribution in [3.8, 4) is 0 Å². The van der Waals surface area contributed by atoms with E-state index in [1.165, 1.54) is 29.2 Å². The molecule has 0 aliphatic rings. The van der Waals surface area contributed by atoms with Gasteiger partial charge in [0.15, 0.2) is 0 Å². The zero-order valence-electron chi connectivity index (χ0n) is 20.9. The first-order chi connectivity index (χ1) is 18.0. The first-order valence-corrected chi connectivity index (χ1v) is 14.5. The maximum absolute atomic E-state index is 13.8. The van der Waals surface area contributed by atoms with Gasteiger partial charge in [-0.15, -0.1) is 0 Å². The molecule has 0 fully saturated rings. The third kappa shape index (κ3) is 7.41. The van der Waals surface area contributed by atoms with Gasteiger partial charge in [-0.05, 0) is 67.4 Å². The van der Waals surface area contributed by atoms with E-state index in [9.17, 15) is 18.0 Å². The van der Waals surface area contributed by atoms with Gasteiger partial charge in [0.05, 0.1) is 10.6 Å². The summed E-state index contributed by atoms with van der Waals surface area (Å²) < 4.78 is 28.4. The van der Waals surface area contributed by atoms with Crippen LogP contribution in [0.25, 0.3) is 0 Å². The second kappa shape index (κ2) is 13.3. The summed E-state index contributed by atoms with van der Waals surface area (Å²) in [6.45, 7) is 3.35. The van der Waals surface area contributed by atoms with E-state index in [0.717, 1.165) is 10.7 Å². The molecule has 11 heteroatoms. The standard InChI is InChI=1S/C27H28Cl3N3O4S/c1-3-15-31-27(35)19(2)32(17-20-9-10-22(29)16-25(20)30)26(34)18-33(23-13-11-21(28)12-14-23)38(36,37)24-7-5-4-6-8-24/h4-14,16,19H,3,15,17-18H2,1-2H3,(H,31,35)/t19-/m1/s1. The second-order valence-electron chi connectivity index (χ2n) is 8.53. The quantitative estimate of drug-likeness (QED) is 0.304. The van der Waals surface area contributed by atoms with Gasteiger partial charge in [0.1, 0.15) is 12.6 Å². The SMILES string of the molecule is CCCNC(=O)[C@@H](C)N(Cc1ccc(Cl)cc1Cl)C(=O)CN(c1ccc(Cl)cc1)S(=O)(=O)c1ccccc1. The van der Waals surface area contributed by atoms with Crippen molar-refractivity contribution in [1.82, 2.24) is 10.2 Å². The fraction of sp³-hybridized carbons (Fsp3) is 0.259. The smallest absolute Gasteiger partial charge is 0.264 e. The summed E-state index contributed by atoms with van der Waals surface area (Å²) in [5, 5.41) is 3.95. The molecular formula is C27H28Cl3N3O4S. The molecule has 2 amide bonds. The van der Waals surface area contributed by atoms with E-state index in [-0.39, 0.29) is 23.0 Å². The topological polar surface area (TPSA) is 86.8 Å². The highest BCUT2D eigenvalue weighted by Gasteiger charge is 2.32. The van der Waals surface area contributed by atoms with Crippen molar-refractivity contribution in [3.05, 3.63) is 93.4 Å². The van der Waals surface area contributed by atoms with Gasteiger partial charge < -0.3 is 10.2 Å². The highest BCUT2D eigenvalue weighted by atomic mass is 35.5. The summed E-state index contributed by atoms with van der Waals surface area (Å²) in [7, 11) is -4.14. The third-order valence-corrected chi connectivity index (χ3v) is 8.42. The third-order valence-electron chi connectivity index (χ3n) is 5.80. The molecule has 0 bridgehead atoms. The molecule has 0 spiro atoms. The molecule has 202 valence electrons. The van der Waals surface area contributed by atoms with Crippen LogP contribution in [0.3, 0.4) is 0 Å². The van der Waals surface area contributed by atoms with Crippen LogP contribution in [-0.4, -0.2) is 44.3 Å². The first kappa shape index (κ1) is 29.8. The van der Waals surface area contributed by atoms with Crippen LogP contribution in [0.2, 0.25) is 15.1 Å². The molecule has 0 unspecified atom stereocenters. The number of carbonyl (C=O) groups is 2. The van der Waals surface area contributed by atoms with Crippen LogP contribution in [0.15, 0.2) is 77.7 Å². The number of halogens is 3. The molecule has 0 aliphatic heterocycles. The number of benzene rings is 3. The lowest BCUT2D eigenvalue weighted by Gasteiger charge is -2.32. The maximum Gasteiger partial charge on any atom is 0.264 e. The van der Waals surface area contributed by atoms with E-state index >= 15 is 0 Å². The van der Waals surface area contributed by atoms with Gasteiger partial charge in [0.2, 0.25) is 11.8 Å². The molecule has 3 aromatic carbocycles. The predicted octanol–water partition coefficient (Wildman–Crippen LogP) is 5.79. The molecule has 0 heterocycles. The van der Waals surface area contributed by atoms with Crippen molar-refractivity contribution in [2.75, 3.05) is 17.4 Å². The minimum absolute atomic E-state index is 0.0174. The van der Waals surface area contributed by atoms with Crippen LogP contribution < -0.4 is 9.62 Å². The summed E-state index contributed by atoms with van der Waals surface area (Å²) in [6, 6.07) is 17.9. The Morgan fingerprint density at radius 2 is 1.55 bits per heavy atom. The van der Waals surface area contributed by atoms with E-state index < -0.39 is 28.5 Å². The number of carbonyl (C=O) groups excluding carboxylic acids is 2. The second-order valence-corrected chi connectivity index (χ2v) is 11.7. The molecule has 3 rings (SSSR count). The summed E-state index contributed by atoms with van der Waals surface area (Å²) >= 11 is 18.4. The Kier molecular flexibility index (Phi) is 10.4. The number of amides is 2. The van der Waals surface area contributed by atoms with Gasteiger partial charge in [-0.3, -0.25) is 13.9 Å². The van der Waals surface area contributed by atoms with E-state index in [2.05, 4.69) is 5.32 Å². The van der Waals surface area contributed by atoms with Crippen LogP contribution in [0.4, 0.5) is 5.69 Å². The molecule has 1 N–H and O–H groups in total. The number of sulfonamides is 1. The van der Waals surface area contributed by atoms with Crippen LogP contribution in [0.5, 0.6) is 0 Å². The molecule has 0 radical (unpaired) electrons. The average molecular weight is 597 g/mol. The summed E-state index contributed by atoms with van der Waals surface area (Å²) in [5.74, 6) is -0.959. The number of rotatable bonds is 11. The molecule has 0 aromatic heterocycles. The van der Waals surface area contributed by atoms with Crippen LogP contribution in [0, 0.1) is 0 Å². The van der Waals surface area contributed by atoms with Crippen molar-refractivity contribution in [1.29, 1.82) is 0 Å². The highest BCUT2D eigenvalue weighted by Crippen LogP contribution is 2.27. The number of hydrogen-bond acceptors (Lipinski definition) is 4. The van der Waals surface area contributed by atoms with Crippen LogP contribution in [0.1, 0.15) is 25.8 Å². The van der Waals surface area contributed by atoms with Crippen molar-refractivity contribution >= 4 is 62.3 Å². The number of hydrogen-bond donors (Lipinski definition) is 1. The van der Waals surface area contributed by atoms with Crippen molar-refractivity contribution < 1.29 is 18.0 Å². The fourth-order valence-electron chi connectivity index (χ4n) is 3.67. The zero-order valence-corrected chi connectivity index (χ0v) is 24.0. The molecule has 0 saturated heterocycles. The lowest BCUT2D eigenvalue weighted by atomic mass is 10.1. The van der Waals surface area contributed by atoms with Crippen molar-refractivity contribution in [2.24, 2.45) is 0 Å². The van der Waals surface area contributed by atoms with Gasteiger partial charge in [0, 0.05) is 28.2 Å². The molecule has 0 aliphatic carbocycles. The number of anilines is 1. The number of nitrogens with one attached hydrogen (secondary N) is 1. The maximum atomic E-state index is 13.8. The normalized spacial score (nSPS) is 12.0. The fourth-order valence-corrected chi connectivity index (χ4v) is 5.70. The van der Waals surface area contributed by atoms with Crippen molar-refractivity contribution in [3.63, 3.8) is 0 Å². The van der Waals surface area contributed by atoms with E-state index in [1.54, 1.807) is 55.5 Å². The van der Waals surface area contributed by atoms with Crippen LogP contribution in [-0.2, 0) is 26.2 Å². The van der Waals surface area contributed by atoms with Crippen molar-refractivity contribution in [2.45, 2.75) is 37.8 Å². The molecule has 3 aromatic rings. The molecule has 7 nitrogen and oxygen atoms in total. The largest absolute Gasteiger partial charge is 0.354 e. The Bertz CT molecular complexity index is 1370. The Balaban J connectivity index is 2.02. The minimum atomic E-state index is -4.14. The Labute approximate surface area is 238 Å². The molecular weight excluding hydrogens is 569 g/mol. The minimum Gasteiger partial charge on any atom is -0.354 e. The van der Waals surface area contributed by atoms with Crippen LogP contribution >= 0.6 is 34.8 Å². The van der Waals surface area contributed by atoms with Gasteiger partial charge in [-0.25, -0.2) is 8.42 Å². The zero-order chi connectivity index (χ0) is 27.9. The first-order valence-electron chi connectivity index (χ1n) is 11.9. The van der Waals surface area contributed by atoms with Gasteiger partial charge >= 0.3 is 0 Å². The van der Waals surface area contributed by atoms with Gasteiger partial charge in [0.25, 0.3) is 10.0 Å². The monoisotopic (exact) mass is 595 g/mol. The van der Waals surface area contributed by atoms with E-state index in [1.807, 2.05) is 6.92 Å². The average Bonchev–Trinajstić information content (AvgIpc) is 2.90. The van der Waals surface area contributed by atoms with Gasteiger partial charge in [-0.1, -0.05) is 66.0 Å². The lowest BCUT2D eigenvalue weighted by Crippen LogP contribution is -2.51. The molecule has 38 heavy (non-hydrogen) atoms.